The maximum absolute atomic E-state index is 13.6. The van der Waals surface area contributed by atoms with Crippen molar-refractivity contribution < 1.29 is 9.59 Å². The number of hydrogen-bond donors (Lipinski definition) is 1. The Morgan fingerprint density at radius 2 is 1.39 bits per heavy atom. The first-order chi connectivity index (χ1) is 15.7. The molecule has 0 bridgehead atoms. The lowest BCUT2D eigenvalue weighted by Crippen LogP contribution is -2.54. The molecule has 3 aromatic carbocycles. The van der Waals surface area contributed by atoms with Gasteiger partial charge < -0.3 is 10.2 Å². The Balaban J connectivity index is 1.98. The van der Waals surface area contributed by atoms with Gasteiger partial charge in [-0.05, 0) is 44.4 Å². The monoisotopic (exact) mass is 442 g/mol. The zero-order chi connectivity index (χ0) is 23.8. The van der Waals surface area contributed by atoms with Crippen molar-refractivity contribution in [1.82, 2.24) is 10.2 Å². The van der Waals surface area contributed by atoms with E-state index in [9.17, 15) is 9.59 Å². The van der Waals surface area contributed by atoms with Crippen molar-refractivity contribution in [3.63, 3.8) is 0 Å². The average molecular weight is 443 g/mol. The van der Waals surface area contributed by atoms with E-state index >= 15 is 0 Å². The zero-order valence-corrected chi connectivity index (χ0v) is 20.0. The van der Waals surface area contributed by atoms with Crippen LogP contribution in [0.15, 0.2) is 84.9 Å². The predicted molar refractivity (Wildman–Crippen MR) is 134 cm³/mol. The van der Waals surface area contributed by atoms with E-state index in [2.05, 4.69) is 11.4 Å². The quantitative estimate of drug-likeness (QED) is 0.528. The van der Waals surface area contributed by atoms with Crippen molar-refractivity contribution in [2.75, 3.05) is 0 Å². The Labute approximate surface area is 197 Å². The first-order valence-electron chi connectivity index (χ1n) is 11.5. The summed E-state index contributed by atoms with van der Waals surface area (Å²) in [6.45, 7) is 8.29. The second kappa shape index (κ2) is 11.0. The Bertz CT molecular complexity index is 1060. The molecule has 0 aliphatic carbocycles. The SMILES string of the molecule is Cc1cccc(CN(C(=O)Cc2ccccc2)[C@@H](Cc2ccccc2)C(=O)NC(C)(C)C)c1. The number of carbonyl (C=O) groups excluding carboxylic acids is 2. The molecule has 0 unspecified atom stereocenters. The van der Waals surface area contributed by atoms with E-state index in [1.54, 1.807) is 4.90 Å². The van der Waals surface area contributed by atoms with Crippen LogP contribution in [0.5, 0.6) is 0 Å². The van der Waals surface area contributed by atoms with Crippen molar-refractivity contribution in [3.8, 4) is 0 Å². The molecule has 3 rings (SSSR count). The van der Waals surface area contributed by atoms with Crippen LogP contribution in [0.3, 0.4) is 0 Å². The van der Waals surface area contributed by atoms with Gasteiger partial charge in [-0.2, -0.15) is 0 Å². The van der Waals surface area contributed by atoms with Gasteiger partial charge in [0.15, 0.2) is 0 Å². The van der Waals surface area contributed by atoms with E-state index in [-0.39, 0.29) is 18.2 Å². The van der Waals surface area contributed by atoms with E-state index < -0.39 is 11.6 Å². The van der Waals surface area contributed by atoms with Gasteiger partial charge in [-0.3, -0.25) is 9.59 Å². The molecule has 0 aliphatic rings. The van der Waals surface area contributed by atoms with Crippen LogP contribution >= 0.6 is 0 Å². The topological polar surface area (TPSA) is 49.4 Å². The van der Waals surface area contributed by atoms with E-state index in [1.807, 2.05) is 107 Å². The van der Waals surface area contributed by atoms with Gasteiger partial charge in [0.2, 0.25) is 11.8 Å². The maximum atomic E-state index is 13.6. The smallest absolute Gasteiger partial charge is 0.243 e. The highest BCUT2D eigenvalue weighted by Gasteiger charge is 2.32. The minimum Gasteiger partial charge on any atom is -0.350 e. The summed E-state index contributed by atoms with van der Waals surface area (Å²) in [6, 6.07) is 27.1. The number of hydrogen-bond acceptors (Lipinski definition) is 2. The predicted octanol–water partition coefficient (Wildman–Crippen LogP) is 5.09. The largest absolute Gasteiger partial charge is 0.350 e. The number of nitrogens with zero attached hydrogens (tertiary/aromatic N) is 1. The highest BCUT2D eigenvalue weighted by molar-refractivity contribution is 5.89. The summed E-state index contributed by atoms with van der Waals surface area (Å²) < 4.78 is 0. The van der Waals surface area contributed by atoms with E-state index in [1.165, 1.54) is 0 Å². The van der Waals surface area contributed by atoms with Crippen molar-refractivity contribution in [2.24, 2.45) is 0 Å². The molecule has 4 nitrogen and oxygen atoms in total. The number of nitrogens with one attached hydrogen (secondary N) is 1. The molecule has 0 aromatic heterocycles. The number of rotatable bonds is 8. The van der Waals surface area contributed by atoms with Gasteiger partial charge in [-0.1, -0.05) is 90.5 Å². The highest BCUT2D eigenvalue weighted by atomic mass is 16.2. The van der Waals surface area contributed by atoms with Gasteiger partial charge in [-0.15, -0.1) is 0 Å². The first-order valence-corrected chi connectivity index (χ1v) is 11.5. The van der Waals surface area contributed by atoms with Crippen LogP contribution < -0.4 is 5.32 Å². The average Bonchev–Trinajstić information content (AvgIpc) is 2.76. The van der Waals surface area contributed by atoms with Crippen LogP contribution in [0, 0.1) is 6.92 Å². The third kappa shape index (κ3) is 7.60. The maximum Gasteiger partial charge on any atom is 0.243 e. The fraction of sp³-hybridized carbons (Fsp3) is 0.310. The summed E-state index contributed by atoms with van der Waals surface area (Å²) in [5.41, 5.74) is 3.70. The number of amides is 2. The third-order valence-electron chi connectivity index (χ3n) is 5.40. The van der Waals surface area contributed by atoms with Crippen LogP contribution in [-0.2, 0) is 29.0 Å². The Morgan fingerprint density at radius 3 is 1.97 bits per heavy atom. The van der Waals surface area contributed by atoms with E-state index in [4.69, 9.17) is 0 Å². The molecule has 0 radical (unpaired) electrons. The Morgan fingerprint density at radius 1 is 0.818 bits per heavy atom. The lowest BCUT2D eigenvalue weighted by atomic mass is 9.99. The lowest BCUT2D eigenvalue weighted by molar-refractivity contribution is -0.141. The Hall–Kier alpha value is -3.40. The molecule has 2 amide bonds. The molecule has 1 atom stereocenters. The van der Waals surface area contributed by atoms with Crippen LogP contribution in [0.25, 0.3) is 0 Å². The first kappa shape index (κ1) is 24.2. The minimum atomic E-state index is -0.622. The lowest BCUT2D eigenvalue weighted by Gasteiger charge is -2.34. The third-order valence-corrected chi connectivity index (χ3v) is 5.40. The van der Waals surface area contributed by atoms with Crippen LogP contribution in [0.2, 0.25) is 0 Å². The zero-order valence-electron chi connectivity index (χ0n) is 20.0. The summed E-state index contributed by atoms with van der Waals surface area (Å²) in [6.07, 6.45) is 0.704. The number of carbonyl (C=O) groups is 2. The summed E-state index contributed by atoms with van der Waals surface area (Å²) in [4.78, 5) is 28.9. The van der Waals surface area contributed by atoms with Crippen molar-refractivity contribution in [3.05, 3.63) is 107 Å². The fourth-order valence-electron chi connectivity index (χ4n) is 3.89. The second-order valence-corrected chi connectivity index (χ2v) is 9.62. The van der Waals surface area contributed by atoms with Gasteiger partial charge in [-0.25, -0.2) is 0 Å². The summed E-state index contributed by atoms with van der Waals surface area (Å²) in [5.74, 6) is -0.201. The van der Waals surface area contributed by atoms with Crippen molar-refractivity contribution >= 4 is 11.8 Å². The number of benzene rings is 3. The normalized spacial score (nSPS) is 12.1. The molecule has 1 N–H and O–H groups in total. The van der Waals surface area contributed by atoms with Gasteiger partial charge >= 0.3 is 0 Å². The van der Waals surface area contributed by atoms with Crippen molar-refractivity contribution in [1.29, 1.82) is 0 Å². The Kier molecular flexibility index (Phi) is 8.05. The minimum absolute atomic E-state index is 0.0623. The summed E-state index contributed by atoms with van der Waals surface area (Å²) in [7, 11) is 0. The summed E-state index contributed by atoms with van der Waals surface area (Å²) in [5, 5.41) is 3.10. The van der Waals surface area contributed by atoms with Gasteiger partial charge in [0.25, 0.3) is 0 Å². The molecule has 172 valence electrons. The molecular formula is C29H34N2O2. The molecule has 0 aliphatic heterocycles. The van der Waals surface area contributed by atoms with Crippen LogP contribution in [0.1, 0.15) is 43.0 Å². The molecule has 0 heterocycles. The van der Waals surface area contributed by atoms with Gasteiger partial charge in [0.1, 0.15) is 6.04 Å². The van der Waals surface area contributed by atoms with Gasteiger partial charge in [0.05, 0.1) is 6.42 Å². The molecule has 0 fully saturated rings. The molecule has 3 aromatic rings. The molecule has 33 heavy (non-hydrogen) atoms. The van der Waals surface area contributed by atoms with Crippen LogP contribution in [-0.4, -0.2) is 28.3 Å². The van der Waals surface area contributed by atoms with E-state index in [0.29, 0.717) is 13.0 Å². The second-order valence-electron chi connectivity index (χ2n) is 9.62. The van der Waals surface area contributed by atoms with E-state index in [0.717, 1.165) is 22.3 Å². The fourth-order valence-corrected chi connectivity index (χ4v) is 3.89. The molecule has 4 heteroatoms. The molecule has 0 saturated carbocycles. The highest BCUT2D eigenvalue weighted by Crippen LogP contribution is 2.18. The van der Waals surface area contributed by atoms with Gasteiger partial charge in [0, 0.05) is 18.5 Å². The summed E-state index contributed by atoms with van der Waals surface area (Å²) >= 11 is 0. The van der Waals surface area contributed by atoms with Crippen molar-refractivity contribution in [2.45, 2.75) is 58.7 Å². The molecular weight excluding hydrogens is 408 g/mol. The number of aryl methyl sites for hydroxylation is 1. The molecule has 0 saturated heterocycles. The standard InChI is InChI=1S/C29H34N2O2/c1-22-12-11-17-25(18-22)21-31(27(32)20-24-15-9-6-10-16-24)26(28(33)30-29(2,3)4)19-23-13-7-5-8-14-23/h5-18,26H,19-21H2,1-4H3,(H,30,33)/t26-/m0/s1. The van der Waals surface area contributed by atoms with Crippen LogP contribution in [0.4, 0.5) is 0 Å². The molecule has 0 spiro atoms.